The molecule has 0 radical (unpaired) electrons. The van der Waals surface area contributed by atoms with Crippen molar-refractivity contribution in [3.05, 3.63) is 69.6 Å². The van der Waals surface area contributed by atoms with Crippen molar-refractivity contribution in [2.24, 2.45) is 4.99 Å². The summed E-state index contributed by atoms with van der Waals surface area (Å²) in [6.07, 6.45) is 0.931. The third-order valence-electron chi connectivity index (χ3n) is 5.65. The average Bonchev–Trinajstić information content (AvgIpc) is 2.80. The summed E-state index contributed by atoms with van der Waals surface area (Å²) >= 11 is 6.36. The molecular formula is C25H26BClF3N5O2. The topological polar surface area (TPSA) is 99.5 Å². The van der Waals surface area contributed by atoms with Gasteiger partial charge >= 0.3 is 5.92 Å². The number of hydrogen-bond donors (Lipinski definition) is 3. The maximum absolute atomic E-state index is 14.3. The maximum Gasteiger partial charge on any atom is 0.321 e. The predicted octanol–water partition coefficient (Wildman–Crippen LogP) is 4.06. The highest BCUT2D eigenvalue weighted by molar-refractivity contribution is 6.31. The molecule has 7 nitrogen and oxygen atoms in total. The number of fused-ring (bicyclic) bond motifs is 1. The van der Waals surface area contributed by atoms with Crippen LogP contribution in [-0.4, -0.2) is 43.9 Å². The smallest absolute Gasteiger partial charge is 0.321 e. The summed E-state index contributed by atoms with van der Waals surface area (Å²) in [5.74, 6) is -4.95. The number of rotatable bonds is 8. The van der Waals surface area contributed by atoms with Gasteiger partial charge in [-0.25, -0.2) is 14.4 Å². The zero-order chi connectivity index (χ0) is 27.5. The fraction of sp³-hybridized carbons (Fsp3) is 0.280. The number of alkyl halides is 2. The Morgan fingerprint density at radius 1 is 1.30 bits per heavy atom. The number of ether oxygens (including phenoxy) is 1. The van der Waals surface area contributed by atoms with E-state index in [1.54, 1.807) is 26.1 Å². The number of aryl methyl sites for hydroxylation is 1. The molecule has 1 atom stereocenters. The highest BCUT2D eigenvalue weighted by Crippen LogP contribution is 2.33. The molecule has 1 heterocycles. The number of hydrogen-bond acceptors (Lipinski definition) is 4. The fourth-order valence-corrected chi connectivity index (χ4v) is 4.18. The molecule has 0 saturated carbocycles. The summed E-state index contributed by atoms with van der Waals surface area (Å²) in [5.41, 5.74) is 1.02. The van der Waals surface area contributed by atoms with Crippen LogP contribution in [0.1, 0.15) is 36.2 Å². The molecule has 1 aromatic heterocycles. The van der Waals surface area contributed by atoms with E-state index in [4.69, 9.17) is 21.7 Å². The minimum Gasteiger partial charge on any atom is -0.487 e. The summed E-state index contributed by atoms with van der Waals surface area (Å²) in [6.45, 7) is 3.61. The van der Waals surface area contributed by atoms with Crippen LogP contribution in [0.15, 0.2) is 41.4 Å². The zero-order valence-corrected chi connectivity index (χ0v) is 21.7. The Kier molecular flexibility index (Phi) is 8.17. The predicted molar refractivity (Wildman–Crippen MR) is 141 cm³/mol. The van der Waals surface area contributed by atoms with Crippen LogP contribution in [0, 0.1) is 18.2 Å². The molecule has 0 aliphatic rings. The number of carbonyl (C=O) groups excluding carboxylic acids is 1. The molecule has 37 heavy (non-hydrogen) atoms. The van der Waals surface area contributed by atoms with E-state index >= 15 is 0 Å². The van der Waals surface area contributed by atoms with Gasteiger partial charge in [-0.05, 0) is 43.7 Å². The minimum atomic E-state index is -3.62. The third-order valence-corrected chi connectivity index (χ3v) is 5.98. The van der Waals surface area contributed by atoms with Crippen molar-refractivity contribution in [3.63, 3.8) is 0 Å². The summed E-state index contributed by atoms with van der Waals surface area (Å²) in [4.78, 5) is 20.7. The molecule has 194 valence electrons. The highest BCUT2D eigenvalue weighted by atomic mass is 35.5. The van der Waals surface area contributed by atoms with Gasteiger partial charge in [0.1, 0.15) is 43.7 Å². The van der Waals surface area contributed by atoms with E-state index in [-0.39, 0.29) is 17.2 Å². The van der Waals surface area contributed by atoms with Crippen LogP contribution in [0.25, 0.3) is 10.9 Å². The van der Waals surface area contributed by atoms with Crippen molar-refractivity contribution in [2.75, 3.05) is 7.05 Å². The number of nitrogens with zero attached hydrogens (tertiary/aromatic N) is 2. The number of aromatic nitrogens is 1. The van der Waals surface area contributed by atoms with E-state index in [2.05, 4.69) is 20.6 Å². The number of carbonyl (C=O) groups is 1. The summed E-state index contributed by atoms with van der Waals surface area (Å²) in [6, 6.07) is 9.35. The Labute approximate surface area is 218 Å². The van der Waals surface area contributed by atoms with Gasteiger partial charge < -0.3 is 15.4 Å². The van der Waals surface area contributed by atoms with Crippen LogP contribution in [0.5, 0.6) is 5.75 Å². The summed E-state index contributed by atoms with van der Waals surface area (Å²) < 4.78 is 47.5. The Bertz CT molecular complexity index is 1390. The van der Waals surface area contributed by atoms with Gasteiger partial charge in [-0.3, -0.25) is 10.2 Å². The largest absolute Gasteiger partial charge is 0.487 e. The van der Waals surface area contributed by atoms with Crippen LogP contribution >= 0.6 is 11.6 Å². The van der Waals surface area contributed by atoms with Crippen molar-refractivity contribution in [2.45, 2.75) is 38.7 Å². The van der Waals surface area contributed by atoms with E-state index in [0.717, 1.165) is 18.5 Å². The second kappa shape index (κ2) is 10.8. The lowest BCUT2D eigenvalue weighted by molar-refractivity contribution is -0.144. The number of aliphatic imine (C=N–C) groups is 1. The molecule has 0 saturated heterocycles. The van der Waals surface area contributed by atoms with Crippen LogP contribution in [-0.2, 0) is 16.8 Å². The second-order valence-electron chi connectivity index (χ2n) is 8.99. The van der Waals surface area contributed by atoms with Gasteiger partial charge in [-0.2, -0.15) is 8.78 Å². The number of benzene rings is 2. The maximum atomic E-state index is 14.3. The number of para-hydroxylation sites is 1. The number of amides is 1. The Morgan fingerprint density at radius 3 is 2.62 bits per heavy atom. The van der Waals surface area contributed by atoms with Crippen molar-refractivity contribution in [1.82, 2.24) is 15.6 Å². The lowest BCUT2D eigenvalue weighted by Gasteiger charge is -2.31. The Hall–Kier alpha value is -3.60. The van der Waals surface area contributed by atoms with Gasteiger partial charge in [0.25, 0.3) is 5.91 Å². The van der Waals surface area contributed by atoms with E-state index in [1.165, 1.54) is 14.8 Å². The molecule has 0 bridgehead atoms. The molecule has 0 aliphatic heterocycles. The van der Waals surface area contributed by atoms with Crippen molar-refractivity contribution in [3.8, 4) is 5.75 Å². The number of halogens is 4. The number of pyridine rings is 1. The first-order chi connectivity index (χ1) is 17.3. The van der Waals surface area contributed by atoms with Gasteiger partial charge in [0.2, 0.25) is 0 Å². The molecule has 1 amide bonds. The SMILES string of the molecule is B[C@@](C)(NC(=O)C(C)(F)F)c1cc(F)cc(Cl)c1COc1cccc2c(/C(=N/C=N)NC)cc(C)nc12. The van der Waals surface area contributed by atoms with E-state index in [0.29, 0.717) is 46.2 Å². The van der Waals surface area contributed by atoms with Crippen molar-refractivity contribution < 1.29 is 22.7 Å². The lowest BCUT2D eigenvalue weighted by Crippen LogP contribution is -2.50. The zero-order valence-electron chi connectivity index (χ0n) is 21.0. The van der Waals surface area contributed by atoms with Gasteiger partial charge in [0.15, 0.2) is 0 Å². The first-order valence-electron chi connectivity index (χ1n) is 11.3. The molecule has 0 spiro atoms. The Morgan fingerprint density at radius 2 is 2.00 bits per heavy atom. The van der Waals surface area contributed by atoms with E-state index in [9.17, 15) is 18.0 Å². The standard InChI is InChI=1S/C25H26BClF3N5O2/c1-13-8-16(22(32-4)33-12-31)15-6-5-7-20(21(15)34-13)37-11-17-18(9-14(28)10-19(17)27)24(2,26)35-23(36)25(3,29)30/h5-10,12H,11,26H2,1-4H3,(H,35,36)(H2,31,32,33)/t24-/m0/s1. The average molecular weight is 532 g/mol. The van der Waals surface area contributed by atoms with Gasteiger partial charge in [-0.15, -0.1) is 0 Å². The molecule has 3 rings (SSSR count). The lowest BCUT2D eigenvalue weighted by atomic mass is 9.72. The van der Waals surface area contributed by atoms with Crippen LogP contribution < -0.4 is 15.4 Å². The molecule has 3 aromatic rings. The van der Waals surface area contributed by atoms with E-state index in [1.807, 2.05) is 12.1 Å². The summed E-state index contributed by atoms with van der Waals surface area (Å²) in [5, 5.41) is 13.3. The molecule has 0 fully saturated rings. The quantitative estimate of drug-likeness (QED) is 0.232. The second-order valence-corrected chi connectivity index (χ2v) is 9.40. The fourth-order valence-electron chi connectivity index (χ4n) is 3.91. The van der Waals surface area contributed by atoms with Crippen LogP contribution in [0.4, 0.5) is 13.2 Å². The molecule has 0 unspecified atom stereocenters. The number of nitrogens with one attached hydrogen (secondary N) is 3. The van der Waals surface area contributed by atoms with Crippen LogP contribution in [0.3, 0.4) is 0 Å². The highest BCUT2D eigenvalue weighted by Gasteiger charge is 2.37. The minimum absolute atomic E-state index is 0.0150. The van der Waals surface area contributed by atoms with Crippen molar-refractivity contribution >= 4 is 48.4 Å². The first kappa shape index (κ1) is 28.0. The van der Waals surface area contributed by atoms with E-state index < -0.39 is 23.1 Å². The molecule has 0 aliphatic carbocycles. The molecular weight excluding hydrogens is 506 g/mol. The van der Waals surface area contributed by atoms with Gasteiger partial charge in [-0.1, -0.05) is 23.7 Å². The third kappa shape index (κ3) is 6.22. The number of amidine groups is 1. The molecule has 12 heteroatoms. The Balaban J connectivity index is 2.05. The molecule has 2 aromatic carbocycles. The van der Waals surface area contributed by atoms with Crippen molar-refractivity contribution in [1.29, 1.82) is 5.41 Å². The molecule has 3 N–H and O–H groups in total. The normalized spacial score (nSPS) is 13.7. The van der Waals surface area contributed by atoms with Crippen LogP contribution in [0.2, 0.25) is 5.02 Å². The van der Waals surface area contributed by atoms with Gasteiger partial charge in [0.05, 0.1) is 5.02 Å². The van der Waals surface area contributed by atoms with Gasteiger partial charge in [0, 0.05) is 41.6 Å². The first-order valence-corrected chi connectivity index (χ1v) is 11.6. The summed E-state index contributed by atoms with van der Waals surface area (Å²) in [7, 11) is 3.17. The monoisotopic (exact) mass is 531 g/mol.